The normalized spacial score (nSPS) is 9.21. The molecular formula is C10H18N2O2. The Morgan fingerprint density at radius 1 is 1.29 bits per heavy atom. The number of aromatic amines is 1. The fourth-order valence-electron chi connectivity index (χ4n) is 1.19. The summed E-state index contributed by atoms with van der Waals surface area (Å²) in [5.41, 5.74) is 0.802. The molecule has 0 atom stereocenters. The number of nitrogens with one attached hydrogen (secondary N) is 1. The largest absolute Gasteiger partial charge is 0.328 e. The van der Waals surface area contributed by atoms with E-state index in [0.717, 1.165) is 5.69 Å². The van der Waals surface area contributed by atoms with Crippen molar-refractivity contribution in [3.05, 3.63) is 32.1 Å². The molecule has 4 heteroatoms. The lowest BCUT2D eigenvalue weighted by Crippen LogP contribution is -2.32. The van der Waals surface area contributed by atoms with E-state index in [1.54, 1.807) is 14.0 Å². The Morgan fingerprint density at radius 2 is 1.79 bits per heavy atom. The van der Waals surface area contributed by atoms with Gasteiger partial charge in [-0.1, -0.05) is 20.8 Å². The van der Waals surface area contributed by atoms with E-state index in [1.165, 1.54) is 4.57 Å². The molecule has 0 fully saturated rings. The highest BCUT2D eigenvalue weighted by Gasteiger charge is 2.05. The maximum atomic E-state index is 11.2. The van der Waals surface area contributed by atoms with Crippen molar-refractivity contribution in [2.45, 2.75) is 34.1 Å². The summed E-state index contributed by atoms with van der Waals surface area (Å²) in [7, 11) is 1.65. The first-order valence-corrected chi connectivity index (χ1v) is 4.86. The lowest BCUT2D eigenvalue weighted by Gasteiger charge is -2.05. The molecule has 0 bridgehead atoms. The van der Waals surface area contributed by atoms with E-state index < -0.39 is 0 Å². The van der Waals surface area contributed by atoms with E-state index in [-0.39, 0.29) is 11.2 Å². The average molecular weight is 198 g/mol. The van der Waals surface area contributed by atoms with Crippen molar-refractivity contribution in [3.63, 3.8) is 0 Å². The lowest BCUT2D eigenvalue weighted by atomic mass is 10.2. The Hall–Kier alpha value is -1.32. The zero-order valence-corrected chi connectivity index (χ0v) is 9.47. The lowest BCUT2D eigenvalue weighted by molar-refractivity contribution is 0.742. The quantitative estimate of drug-likeness (QED) is 0.731. The molecule has 0 saturated heterocycles. The third-order valence-electron chi connectivity index (χ3n) is 2.09. The molecule has 14 heavy (non-hydrogen) atoms. The monoisotopic (exact) mass is 198 g/mol. The van der Waals surface area contributed by atoms with Crippen LogP contribution in [0.25, 0.3) is 0 Å². The number of nitrogens with zero attached hydrogens (tertiary/aromatic N) is 1. The first-order valence-electron chi connectivity index (χ1n) is 4.86. The molecule has 0 spiro atoms. The summed E-state index contributed by atoms with van der Waals surface area (Å²) in [4.78, 5) is 24.5. The zero-order valence-electron chi connectivity index (χ0n) is 9.47. The van der Waals surface area contributed by atoms with Crippen LogP contribution >= 0.6 is 0 Å². The van der Waals surface area contributed by atoms with Gasteiger partial charge in [-0.25, -0.2) is 4.79 Å². The van der Waals surface area contributed by atoms with Gasteiger partial charge in [0.1, 0.15) is 0 Å². The number of rotatable bonds is 1. The third kappa shape index (κ3) is 2.34. The molecule has 0 radical (unpaired) electrons. The van der Waals surface area contributed by atoms with Crippen LogP contribution in [0.3, 0.4) is 0 Å². The van der Waals surface area contributed by atoms with E-state index >= 15 is 0 Å². The molecule has 0 unspecified atom stereocenters. The van der Waals surface area contributed by atoms with Gasteiger partial charge in [0.05, 0.1) is 0 Å². The summed E-state index contributed by atoms with van der Waals surface area (Å²) in [6.45, 7) is 7.66. The van der Waals surface area contributed by atoms with Crippen molar-refractivity contribution in [1.29, 1.82) is 0 Å². The number of H-pyrrole nitrogens is 1. The Balaban J connectivity index is 0.000000791. The van der Waals surface area contributed by atoms with Crippen molar-refractivity contribution in [1.82, 2.24) is 9.55 Å². The smallest absolute Gasteiger partial charge is 0.301 e. The highest BCUT2D eigenvalue weighted by molar-refractivity contribution is 5.15. The molecule has 1 aromatic heterocycles. The summed E-state index contributed by atoms with van der Waals surface area (Å²) >= 11 is 0. The average Bonchev–Trinajstić information content (AvgIpc) is 2.18. The second-order valence-electron chi connectivity index (χ2n) is 2.74. The summed E-state index contributed by atoms with van der Waals surface area (Å²) < 4.78 is 1.44. The molecule has 80 valence electrons. The summed E-state index contributed by atoms with van der Waals surface area (Å²) in [6.07, 6.45) is 0.648. The molecule has 0 aliphatic heterocycles. The highest BCUT2D eigenvalue weighted by atomic mass is 16.2. The van der Waals surface area contributed by atoms with Crippen LogP contribution in [0.2, 0.25) is 0 Å². The van der Waals surface area contributed by atoms with Crippen molar-refractivity contribution in [3.8, 4) is 0 Å². The molecular weight excluding hydrogens is 180 g/mol. The fraction of sp³-hybridized carbons (Fsp3) is 0.600. The van der Waals surface area contributed by atoms with Gasteiger partial charge in [0.2, 0.25) is 0 Å². The van der Waals surface area contributed by atoms with Gasteiger partial charge in [0.15, 0.2) is 0 Å². The number of hydrogen-bond donors (Lipinski definition) is 1. The minimum atomic E-state index is -0.352. The number of hydrogen-bond acceptors (Lipinski definition) is 2. The van der Waals surface area contributed by atoms with Gasteiger partial charge < -0.3 is 4.57 Å². The van der Waals surface area contributed by atoms with Crippen molar-refractivity contribution in [2.24, 2.45) is 7.05 Å². The van der Waals surface area contributed by atoms with Gasteiger partial charge in [-0.3, -0.25) is 9.78 Å². The second-order valence-corrected chi connectivity index (χ2v) is 2.74. The maximum absolute atomic E-state index is 11.2. The van der Waals surface area contributed by atoms with Crippen LogP contribution in [0, 0.1) is 6.92 Å². The van der Waals surface area contributed by atoms with Gasteiger partial charge in [0.25, 0.3) is 5.56 Å². The predicted molar refractivity (Wildman–Crippen MR) is 57.8 cm³/mol. The van der Waals surface area contributed by atoms with Gasteiger partial charge in [-0.15, -0.1) is 0 Å². The Morgan fingerprint density at radius 3 is 2.21 bits per heavy atom. The van der Waals surface area contributed by atoms with Gasteiger partial charge in [0, 0.05) is 18.3 Å². The van der Waals surface area contributed by atoms with Crippen molar-refractivity contribution < 1.29 is 0 Å². The zero-order chi connectivity index (χ0) is 11.3. The molecule has 4 nitrogen and oxygen atoms in total. The van der Waals surface area contributed by atoms with E-state index in [1.807, 2.05) is 20.8 Å². The maximum Gasteiger partial charge on any atom is 0.328 e. The standard InChI is InChI=1S/C8H12N2O2.C2H6/c1-4-6-5(2)10(3)8(12)9-7(6)11;1-2/h4H2,1-3H3,(H,9,11,12);1-2H3. The van der Waals surface area contributed by atoms with E-state index in [4.69, 9.17) is 0 Å². The summed E-state index contributed by atoms with van der Waals surface area (Å²) in [5, 5.41) is 0. The Bertz CT molecular complexity index is 402. The molecule has 1 N–H and O–H groups in total. The van der Waals surface area contributed by atoms with Crippen LogP contribution in [0.1, 0.15) is 32.0 Å². The van der Waals surface area contributed by atoms with Crippen molar-refractivity contribution >= 4 is 0 Å². The first kappa shape index (κ1) is 12.7. The predicted octanol–water partition coefficient (Wildman–Crippen LogP) is 0.971. The van der Waals surface area contributed by atoms with Crippen LogP contribution in [-0.2, 0) is 13.5 Å². The highest BCUT2D eigenvalue weighted by Crippen LogP contribution is 1.97. The van der Waals surface area contributed by atoms with Gasteiger partial charge >= 0.3 is 5.69 Å². The molecule has 0 aliphatic rings. The topological polar surface area (TPSA) is 54.9 Å². The van der Waals surface area contributed by atoms with Crippen LogP contribution in [0.4, 0.5) is 0 Å². The fourth-order valence-corrected chi connectivity index (χ4v) is 1.19. The van der Waals surface area contributed by atoms with Gasteiger partial charge in [-0.05, 0) is 13.3 Å². The summed E-state index contributed by atoms with van der Waals surface area (Å²) in [5.74, 6) is 0. The van der Waals surface area contributed by atoms with Crippen LogP contribution in [0.15, 0.2) is 9.59 Å². The van der Waals surface area contributed by atoms with E-state index in [0.29, 0.717) is 12.0 Å². The Labute approximate surface area is 83.6 Å². The van der Waals surface area contributed by atoms with Gasteiger partial charge in [-0.2, -0.15) is 0 Å². The molecule has 1 aromatic rings. The molecule has 0 aromatic carbocycles. The number of aromatic nitrogens is 2. The molecule has 1 rings (SSSR count). The van der Waals surface area contributed by atoms with Crippen LogP contribution in [0.5, 0.6) is 0 Å². The van der Waals surface area contributed by atoms with Crippen LogP contribution < -0.4 is 11.2 Å². The minimum Gasteiger partial charge on any atom is -0.301 e. The molecule has 0 aliphatic carbocycles. The van der Waals surface area contributed by atoms with E-state index in [9.17, 15) is 9.59 Å². The first-order chi connectivity index (χ1) is 6.57. The van der Waals surface area contributed by atoms with Crippen molar-refractivity contribution in [2.75, 3.05) is 0 Å². The van der Waals surface area contributed by atoms with Crippen LogP contribution in [-0.4, -0.2) is 9.55 Å². The second kappa shape index (κ2) is 5.42. The SMILES string of the molecule is CC.CCc1c(C)n(C)c(=O)[nH]c1=O. The molecule has 0 amide bonds. The Kier molecular flexibility index (Phi) is 4.91. The molecule has 0 saturated carbocycles. The molecule has 1 heterocycles. The third-order valence-corrected chi connectivity index (χ3v) is 2.09. The van der Waals surface area contributed by atoms with E-state index in [2.05, 4.69) is 4.98 Å². The summed E-state index contributed by atoms with van der Waals surface area (Å²) in [6, 6.07) is 0. The minimum absolute atomic E-state index is 0.266.